The van der Waals surface area contributed by atoms with E-state index in [-0.39, 0.29) is 5.97 Å². The first-order chi connectivity index (χ1) is 8.72. The van der Waals surface area contributed by atoms with E-state index in [1.54, 1.807) is 0 Å². The van der Waals surface area contributed by atoms with Gasteiger partial charge in [-0.1, -0.05) is 43.2 Å². The molecule has 0 heterocycles. The van der Waals surface area contributed by atoms with E-state index in [1.807, 2.05) is 0 Å². The largest absolute Gasteiger partial charge is 0.464 e. The highest BCUT2D eigenvalue weighted by molar-refractivity contribution is 5.69. The van der Waals surface area contributed by atoms with Gasteiger partial charge in [0.15, 0.2) is 0 Å². The molecule has 0 fully saturated rings. The molecule has 0 spiro atoms. The molecule has 0 saturated carbocycles. The number of hydrogen-bond donors (Lipinski definition) is 1. The van der Waals surface area contributed by atoms with Gasteiger partial charge in [0.25, 0.3) is 0 Å². The van der Waals surface area contributed by atoms with E-state index in [0.29, 0.717) is 19.6 Å². The van der Waals surface area contributed by atoms with Crippen LogP contribution in [0.4, 0.5) is 0 Å². The zero-order valence-electron chi connectivity index (χ0n) is 11.4. The fraction of sp³-hybridized carbons (Fsp3) is 0.533. The number of esters is 1. The molecular weight excluding hydrogens is 226 g/mol. The van der Waals surface area contributed by atoms with Crippen LogP contribution >= 0.6 is 0 Å². The maximum atomic E-state index is 11.2. The molecule has 0 bridgehead atoms. The van der Waals surface area contributed by atoms with Gasteiger partial charge in [-0.05, 0) is 18.9 Å². The normalized spacial score (nSPS) is 10.3. The lowest BCUT2D eigenvalue weighted by molar-refractivity contribution is -0.143. The summed E-state index contributed by atoms with van der Waals surface area (Å²) in [5.74, 6) is -0.0887. The number of rotatable bonds is 8. The Balaban J connectivity index is 2.07. The van der Waals surface area contributed by atoms with Crippen LogP contribution in [0.1, 0.15) is 37.3 Å². The maximum absolute atomic E-state index is 11.2. The van der Waals surface area contributed by atoms with E-state index in [2.05, 4.69) is 43.4 Å². The molecule has 100 valence electrons. The highest BCUT2D eigenvalue weighted by Crippen LogP contribution is 2.03. The van der Waals surface area contributed by atoms with E-state index < -0.39 is 0 Å². The van der Waals surface area contributed by atoms with Crippen molar-refractivity contribution >= 4 is 5.97 Å². The molecule has 0 atom stereocenters. The molecule has 1 aromatic rings. The van der Waals surface area contributed by atoms with Crippen molar-refractivity contribution in [2.45, 2.75) is 39.7 Å². The second kappa shape index (κ2) is 8.70. The Morgan fingerprint density at radius 3 is 2.94 bits per heavy atom. The monoisotopic (exact) mass is 249 g/mol. The van der Waals surface area contributed by atoms with Crippen molar-refractivity contribution in [2.75, 3.05) is 13.2 Å². The van der Waals surface area contributed by atoms with Crippen LogP contribution in [0.5, 0.6) is 0 Å². The SMILES string of the molecule is CCCCC(=O)OCCNCc1cccc(C)c1. The Morgan fingerprint density at radius 1 is 1.39 bits per heavy atom. The van der Waals surface area contributed by atoms with Crippen LogP contribution in [0, 0.1) is 6.92 Å². The van der Waals surface area contributed by atoms with Crippen LogP contribution in [0.25, 0.3) is 0 Å². The molecule has 1 N–H and O–H groups in total. The number of hydrogen-bond acceptors (Lipinski definition) is 3. The number of carbonyl (C=O) groups is 1. The maximum Gasteiger partial charge on any atom is 0.305 e. The topological polar surface area (TPSA) is 38.3 Å². The molecule has 0 aliphatic rings. The number of benzene rings is 1. The number of unbranched alkanes of at least 4 members (excludes halogenated alkanes) is 1. The number of aryl methyl sites for hydroxylation is 1. The zero-order chi connectivity index (χ0) is 13.2. The molecule has 0 aromatic heterocycles. The number of ether oxygens (including phenoxy) is 1. The Kier molecular flexibility index (Phi) is 7.11. The molecule has 0 aliphatic heterocycles. The summed E-state index contributed by atoms with van der Waals surface area (Å²) in [5, 5.41) is 3.26. The van der Waals surface area contributed by atoms with Crippen molar-refractivity contribution in [3.63, 3.8) is 0 Å². The molecule has 1 aromatic carbocycles. The average Bonchev–Trinajstić information content (AvgIpc) is 2.36. The van der Waals surface area contributed by atoms with Gasteiger partial charge >= 0.3 is 5.97 Å². The van der Waals surface area contributed by atoms with Crippen molar-refractivity contribution in [3.05, 3.63) is 35.4 Å². The van der Waals surface area contributed by atoms with Crippen LogP contribution in [-0.2, 0) is 16.1 Å². The summed E-state index contributed by atoms with van der Waals surface area (Å²) in [4.78, 5) is 11.2. The lowest BCUT2D eigenvalue weighted by Gasteiger charge is -2.07. The smallest absolute Gasteiger partial charge is 0.305 e. The minimum absolute atomic E-state index is 0.0887. The zero-order valence-corrected chi connectivity index (χ0v) is 11.4. The van der Waals surface area contributed by atoms with Gasteiger partial charge in [-0.2, -0.15) is 0 Å². The van der Waals surface area contributed by atoms with Crippen LogP contribution in [-0.4, -0.2) is 19.1 Å². The summed E-state index contributed by atoms with van der Waals surface area (Å²) in [7, 11) is 0. The summed E-state index contributed by atoms with van der Waals surface area (Å²) in [6.07, 6.45) is 2.48. The van der Waals surface area contributed by atoms with Gasteiger partial charge < -0.3 is 10.1 Å². The van der Waals surface area contributed by atoms with Gasteiger partial charge in [-0.15, -0.1) is 0 Å². The van der Waals surface area contributed by atoms with Crippen LogP contribution in [0.15, 0.2) is 24.3 Å². The Morgan fingerprint density at radius 2 is 2.22 bits per heavy atom. The molecule has 0 aliphatic carbocycles. The molecule has 18 heavy (non-hydrogen) atoms. The predicted molar refractivity (Wildman–Crippen MR) is 73.4 cm³/mol. The van der Waals surface area contributed by atoms with E-state index in [9.17, 15) is 4.79 Å². The summed E-state index contributed by atoms with van der Waals surface area (Å²) in [6.45, 7) is 6.12. The minimum Gasteiger partial charge on any atom is -0.464 e. The lowest BCUT2D eigenvalue weighted by Crippen LogP contribution is -2.21. The average molecular weight is 249 g/mol. The van der Waals surface area contributed by atoms with Gasteiger partial charge in [0, 0.05) is 19.5 Å². The van der Waals surface area contributed by atoms with Crippen molar-refractivity contribution < 1.29 is 9.53 Å². The van der Waals surface area contributed by atoms with Crippen LogP contribution in [0.3, 0.4) is 0 Å². The molecule has 3 heteroatoms. The number of carbonyl (C=O) groups excluding carboxylic acids is 1. The molecule has 0 saturated heterocycles. The standard InChI is InChI=1S/C15H23NO2/c1-3-4-8-15(17)18-10-9-16-12-14-7-5-6-13(2)11-14/h5-7,11,16H,3-4,8-10,12H2,1-2H3. The first-order valence-electron chi connectivity index (χ1n) is 6.64. The van der Waals surface area contributed by atoms with E-state index >= 15 is 0 Å². The highest BCUT2D eigenvalue weighted by Gasteiger charge is 2.00. The van der Waals surface area contributed by atoms with Crippen molar-refractivity contribution in [2.24, 2.45) is 0 Å². The molecule has 0 amide bonds. The quantitative estimate of drug-likeness (QED) is 0.568. The molecule has 0 unspecified atom stereocenters. The number of nitrogens with one attached hydrogen (secondary N) is 1. The molecule has 1 rings (SSSR count). The summed E-state index contributed by atoms with van der Waals surface area (Å²) >= 11 is 0. The van der Waals surface area contributed by atoms with Gasteiger partial charge in [-0.25, -0.2) is 0 Å². The van der Waals surface area contributed by atoms with Crippen molar-refractivity contribution in [3.8, 4) is 0 Å². The van der Waals surface area contributed by atoms with E-state index in [4.69, 9.17) is 4.74 Å². The Hall–Kier alpha value is -1.35. The van der Waals surface area contributed by atoms with Gasteiger partial charge in [0.2, 0.25) is 0 Å². The third-order valence-electron chi connectivity index (χ3n) is 2.69. The Bertz CT molecular complexity index is 363. The second-order valence-corrected chi connectivity index (χ2v) is 4.49. The summed E-state index contributed by atoms with van der Waals surface area (Å²) in [5.41, 5.74) is 2.52. The molecular formula is C15H23NO2. The van der Waals surface area contributed by atoms with Crippen molar-refractivity contribution in [1.29, 1.82) is 0 Å². The highest BCUT2D eigenvalue weighted by atomic mass is 16.5. The van der Waals surface area contributed by atoms with Crippen LogP contribution in [0.2, 0.25) is 0 Å². The van der Waals surface area contributed by atoms with Crippen molar-refractivity contribution in [1.82, 2.24) is 5.32 Å². The van der Waals surface area contributed by atoms with E-state index in [0.717, 1.165) is 19.4 Å². The Labute approximate surface area is 110 Å². The first-order valence-corrected chi connectivity index (χ1v) is 6.64. The fourth-order valence-electron chi connectivity index (χ4n) is 1.69. The minimum atomic E-state index is -0.0887. The molecule has 3 nitrogen and oxygen atoms in total. The fourth-order valence-corrected chi connectivity index (χ4v) is 1.69. The lowest BCUT2D eigenvalue weighted by atomic mass is 10.1. The predicted octanol–water partition coefficient (Wildman–Crippen LogP) is 2.82. The third kappa shape index (κ3) is 6.40. The van der Waals surface area contributed by atoms with E-state index in [1.165, 1.54) is 11.1 Å². The third-order valence-corrected chi connectivity index (χ3v) is 2.69. The summed E-state index contributed by atoms with van der Waals surface area (Å²) in [6, 6.07) is 8.38. The van der Waals surface area contributed by atoms with Crippen LogP contribution < -0.4 is 5.32 Å². The van der Waals surface area contributed by atoms with Gasteiger partial charge in [0.1, 0.15) is 6.61 Å². The van der Waals surface area contributed by atoms with Gasteiger partial charge in [-0.3, -0.25) is 4.79 Å². The molecule has 0 radical (unpaired) electrons. The summed E-state index contributed by atoms with van der Waals surface area (Å²) < 4.78 is 5.10. The first kappa shape index (κ1) is 14.7. The van der Waals surface area contributed by atoms with Gasteiger partial charge in [0.05, 0.1) is 0 Å². The second-order valence-electron chi connectivity index (χ2n) is 4.49.